The maximum atomic E-state index is 4.08. The molecule has 0 unspecified atom stereocenters. The highest BCUT2D eigenvalue weighted by molar-refractivity contribution is 5.10. The highest BCUT2D eigenvalue weighted by Gasteiger charge is 1.81. The molecule has 0 saturated carbocycles. The summed E-state index contributed by atoms with van der Waals surface area (Å²) in [6.07, 6.45) is 1.87. The normalized spacial score (nSPS) is 8.00. The predicted molar refractivity (Wildman–Crippen MR) is 45.1 cm³/mol. The smallest absolute Gasteiger partial charge is 0.0372 e. The molecule has 1 aromatic heterocycles. The van der Waals surface area contributed by atoms with Crippen molar-refractivity contribution in [1.82, 2.24) is 4.98 Å². The molecule has 0 fully saturated rings. The van der Waals surface area contributed by atoms with E-state index in [0.29, 0.717) is 0 Å². The van der Waals surface area contributed by atoms with Gasteiger partial charge in [0.1, 0.15) is 0 Å². The molecule has 0 N–H and O–H groups in total. The maximum Gasteiger partial charge on any atom is 0.0372 e. The first-order valence-electron chi connectivity index (χ1n) is 3.68. The third kappa shape index (κ3) is 3.23. The lowest BCUT2D eigenvalue weighted by Crippen LogP contribution is -1.78. The second-order valence-electron chi connectivity index (χ2n) is 1.98. The fourth-order valence-corrected chi connectivity index (χ4v) is 0.542. The zero-order valence-corrected chi connectivity index (χ0v) is 7.18. The molecule has 0 bridgehead atoms. The van der Waals surface area contributed by atoms with Gasteiger partial charge in [-0.3, -0.25) is 4.98 Å². The van der Waals surface area contributed by atoms with E-state index in [0.717, 1.165) is 5.69 Å². The largest absolute Gasteiger partial charge is 0.261 e. The van der Waals surface area contributed by atoms with Gasteiger partial charge in [-0.2, -0.15) is 0 Å². The predicted octanol–water partition coefficient (Wildman–Crippen LogP) is 2.72. The summed E-state index contributed by atoms with van der Waals surface area (Å²) in [6.45, 7) is 8.02. The summed E-state index contributed by atoms with van der Waals surface area (Å²) in [4.78, 5) is 4.08. The first-order chi connectivity index (χ1) is 4.79. The number of pyridine rings is 1. The van der Waals surface area contributed by atoms with Crippen LogP contribution < -0.4 is 0 Å². The van der Waals surface area contributed by atoms with Crippen LogP contribution in [0.15, 0.2) is 18.3 Å². The Balaban J connectivity index is 0.000000371. The second kappa shape index (κ2) is 4.98. The molecular formula is C9H15N. The topological polar surface area (TPSA) is 12.9 Å². The van der Waals surface area contributed by atoms with Crippen LogP contribution in [0.2, 0.25) is 0 Å². The van der Waals surface area contributed by atoms with Crippen LogP contribution in [0.3, 0.4) is 0 Å². The molecule has 0 saturated heterocycles. The number of aryl methyl sites for hydroxylation is 2. The molecule has 0 aliphatic carbocycles. The molecule has 0 aromatic carbocycles. The number of rotatable bonds is 0. The Hall–Kier alpha value is -0.850. The van der Waals surface area contributed by atoms with Crippen LogP contribution >= 0.6 is 0 Å². The summed E-state index contributed by atoms with van der Waals surface area (Å²) in [6, 6.07) is 4.07. The van der Waals surface area contributed by atoms with Crippen LogP contribution in [0.5, 0.6) is 0 Å². The van der Waals surface area contributed by atoms with E-state index in [4.69, 9.17) is 0 Å². The van der Waals surface area contributed by atoms with Crippen molar-refractivity contribution in [3.05, 3.63) is 29.6 Å². The monoisotopic (exact) mass is 137 g/mol. The molecule has 0 radical (unpaired) electrons. The van der Waals surface area contributed by atoms with Gasteiger partial charge in [0, 0.05) is 11.9 Å². The average Bonchev–Trinajstić information content (AvgIpc) is 2.00. The van der Waals surface area contributed by atoms with Crippen LogP contribution in [-0.4, -0.2) is 4.98 Å². The van der Waals surface area contributed by atoms with Gasteiger partial charge in [0.05, 0.1) is 0 Å². The standard InChI is InChI=1S/C7H9N.C2H6/c1-6-3-4-7(2)8-5-6;1-2/h3-5H,1-2H3;1-2H3. The molecule has 1 rings (SSSR count). The summed E-state index contributed by atoms with van der Waals surface area (Å²) >= 11 is 0. The highest BCUT2D eigenvalue weighted by atomic mass is 14.6. The summed E-state index contributed by atoms with van der Waals surface area (Å²) < 4.78 is 0. The van der Waals surface area contributed by atoms with E-state index < -0.39 is 0 Å². The van der Waals surface area contributed by atoms with Crippen molar-refractivity contribution in [3.63, 3.8) is 0 Å². The van der Waals surface area contributed by atoms with Crippen LogP contribution in [0, 0.1) is 13.8 Å². The Morgan fingerprint density at radius 1 is 1.10 bits per heavy atom. The summed E-state index contributed by atoms with van der Waals surface area (Å²) in [5, 5.41) is 0. The molecule has 1 heteroatoms. The fourth-order valence-electron chi connectivity index (χ4n) is 0.542. The zero-order chi connectivity index (χ0) is 7.98. The minimum atomic E-state index is 1.08. The maximum absolute atomic E-state index is 4.08. The van der Waals surface area contributed by atoms with E-state index in [2.05, 4.69) is 11.1 Å². The van der Waals surface area contributed by atoms with Gasteiger partial charge in [-0.05, 0) is 25.5 Å². The number of nitrogens with zero attached hydrogens (tertiary/aromatic N) is 1. The molecule has 1 heterocycles. The molecule has 0 aliphatic heterocycles. The Morgan fingerprint density at radius 3 is 2.00 bits per heavy atom. The van der Waals surface area contributed by atoms with Crippen LogP contribution in [0.4, 0.5) is 0 Å². The van der Waals surface area contributed by atoms with Crippen molar-refractivity contribution in [1.29, 1.82) is 0 Å². The molecular weight excluding hydrogens is 122 g/mol. The first-order valence-corrected chi connectivity index (χ1v) is 3.68. The average molecular weight is 137 g/mol. The van der Waals surface area contributed by atoms with E-state index in [1.807, 2.05) is 40.0 Å². The molecule has 0 atom stereocenters. The zero-order valence-electron chi connectivity index (χ0n) is 7.18. The van der Waals surface area contributed by atoms with Crippen molar-refractivity contribution in [2.75, 3.05) is 0 Å². The third-order valence-corrected chi connectivity index (χ3v) is 1.06. The van der Waals surface area contributed by atoms with Crippen LogP contribution in [-0.2, 0) is 0 Å². The van der Waals surface area contributed by atoms with Gasteiger partial charge in [-0.1, -0.05) is 19.9 Å². The number of aromatic nitrogens is 1. The summed E-state index contributed by atoms with van der Waals surface area (Å²) in [7, 11) is 0. The van der Waals surface area contributed by atoms with E-state index in [9.17, 15) is 0 Å². The van der Waals surface area contributed by atoms with Gasteiger partial charge in [0.2, 0.25) is 0 Å². The van der Waals surface area contributed by atoms with Crippen molar-refractivity contribution >= 4 is 0 Å². The van der Waals surface area contributed by atoms with Gasteiger partial charge in [-0.15, -0.1) is 0 Å². The molecule has 0 spiro atoms. The van der Waals surface area contributed by atoms with Crippen molar-refractivity contribution < 1.29 is 0 Å². The van der Waals surface area contributed by atoms with Crippen molar-refractivity contribution in [2.45, 2.75) is 27.7 Å². The molecule has 10 heavy (non-hydrogen) atoms. The van der Waals surface area contributed by atoms with Crippen LogP contribution in [0.1, 0.15) is 25.1 Å². The third-order valence-electron chi connectivity index (χ3n) is 1.06. The molecule has 56 valence electrons. The number of hydrogen-bond acceptors (Lipinski definition) is 1. The number of hydrogen-bond donors (Lipinski definition) is 0. The van der Waals surface area contributed by atoms with Gasteiger partial charge in [-0.25, -0.2) is 0 Å². The molecule has 1 aromatic rings. The fraction of sp³-hybridized carbons (Fsp3) is 0.444. The second-order valence-corrected chi connectivity index (χ2v) is 1.98. The van der Waals surface area contributed by atoms with Crippen molar-refractivity contribution in [3.8, 4) is 0 Å². The lowest BCUT2D eigenvalue weighted by molar-refractivity contribution is 1.17. The summed E-state index contributed by atoms with van der Waals surface area (Å²) in [5.41, 5.74) is 2.30. The lowest BCUT2D eigenvalue weighted by atomic mass is 10.3. The van der Waals surface area contributed by atoms with Gasteiger partial charge < -0.3 is 0 Å². The quantitative estimate of drug-likeness (QED) is 0.535. The van der Waals surface area contributed by atoms with E-state index in [1.54, 1.807) is 0 Å². The van der Waals surface area contributed by atoms with Crippen molar-refractivity contribution in [2.24, 2.45) is 0 Å². The lowest BCUT2D eigenvalue weighted by Gasteiger charge is -1.89. The minimum absolute atomic E-state index is 1.08. The summed E-state index contributed by atoms with van der Waals surface area (Å²) in [5.74, 6) is 0. The van der Waals surface area contributed by atoms with E-state index in [-0.39, 0.29) is 0 Å². The molecule has 1 nitrogen and oxygen atoms in total. The SMILES string of the molecule is CC.Cc1ccc(C)nc1. The van der Waals surface area contributed by atoms with Gasteiger partial charge in [0.15, 0.2) is 0 Å². The first kappa shape index (κ1) is 9.15. The minimum Gasteiger partial charge on any atom is -0.261 e. The Labute approximate surface area is 63.1 Å². The van der Waals surface area contributed by atoms with E-state index in [1.165, 1.54) is 5.56 Å². The Kier molecular flexibility index (Phi) is 4.55. The Morgan fingerprint density at radius 2 is 1.70 bits per heavy atom. The van der Waals surface area contributed by atoms with Gasteiger partial charge >= 0.3 is 0 Å². The molecule has 0 amide bonds. The van der Waals surface area contributed by atoms with E-state index >= 15 is 0 Å². The Bertz CT molecular complexity index is 144. The van der Waals surface area contributed by atoms with Gasteiger partial charge in [0.25, 0.3) is 0 Å². The highest BCUT2D eigenvalue weighted by Crippen LogP contribution is 1.94. The molecule has 0 aliphatic rings. The van der Waals surface area contributed by atoms with Crippen LogP contribution in [0.25, 0.3) is 0 Å².